The van der Waals surface area contributed by atoms with Crippen molar-refractivity contribution >= 4 is 11.7 Å². The van der Waals surface area contributed by atoms with E-state index in [1.54, 1.807) is 36.3 Å². The van der Waals surface area contributed by atoms with Crippen molar-refractivity contribution in [3.8, 4) is 22.4 Å². The number of aromatic nitrogens is 2. The smallest absolute Gasteiger partial charge is 0.256 e. The van der Waals surface area contributed by atoms with E-state index in [-0.39, 0.29) is 11.7 Å². The second-order valence-electron chi connectivity index (χ2n) is 6.18. The van der Waals surface area contributed by atoms with Crippen LogP contribution in [0.5, 0.6) is 0 Å². The van der Waals surface area contributed by atoms with Gasteiger partial charge in [0.1, 0.15) is 11.6 Å². The Morgan fingerprint density at radius 3 is 2.64 bits per heavy atom. The van der Waals surface area contributed by atoms with Crippen molar-refractivity contribution in [2.75, 3.05) is 19.3 Å². The molecule has 0 bridgehead atoms. The zero-order valence-electron chi connectivity index (χ0n) is 13.7. The maximum Gasteiger partial charge on any atom is 0.256 e. The Hall–Kier alpha value is -3.15. The van der Waals surface area contributed by atoms with Crippen LogP contribution in [0, 0.1) is 5.82 Å². The Morgan fingerprint density at radius 1 is 1.16 bits per heavy atom. The molecule has 25 heavy (non-hydrogen) atoms. The van der Waals surface area contributed by atoms with Crippen molar-refractivity contribution in [2.45, 2.75) is 6.42 Å². The number of carbonyl (C=O) groups excluding carboxylic acids is 1. The summed E-state index contributed by atoms with van der Waals surface area (Å²) in [6.07, 6.45) is 2.37. The Balaban J connectivity index is 2.00. The molecule has 5 nitrogen and oxygen atoms in total. The Morgan fingerprint density at radius 2 is 1.92 bits per heavy atom. The molecule has 0 saturated carbocycles. The Labute approximate surface area is 144 Å². The normalized spacial score (nSPS) is 13.8. The molecule has 1 aromatic carbocycles. The van der Waals surface area contributed by atoms with Gasteiger partial charge in [0.2, 0.25) is 0 Å². The van der Waals surface area contributed by atoms with E-state index >= 15 is 0 Å². The molecule has 0 spiro atoms. The van der Waals surface area contributed by atoms with Crippen LogP contribution in [0.25, 0.3) is 22.4 Å². The summed E-state index contributed by atoms with van der Waals surface area (Å²) >= 11 is 0. The predicted octanol–water partition coefficient (Wildman–Crippen LogP) is 3.09. The summed E-state index contributed by atoms with van der Waals surface area (Å²) in [7, 11) is 1.79. The summed E-state index contributed by atoms with van der Waals surface area (Å²) in [6, 6.07) is 9.78. The summed E-state index contributed by atoms with van der Waals surface area (Å²) in [5.41, 5.74) is 10.6. The van der Waals surface area contributed by atoms with E-state index < -0.39 is 0 Å². The van der Waals surface area contributed by atoms with Gasteiger partial charge in [0, 0.05) is 43.0 Å². The highest BCUT2D eigenvalue weighted by Gasteiger charge is 2.30. The lowest BCUT2D eigenvalue weighted by atomic mass is 9.94. The van der Waals surface area contributed by atoms with Crippen molar-refractivity contribution in [3.05, 3.63) is 59.7 Å². The number of rotatable bonds is 2. The SMILES string of the molecule is CN1CCc2[nH]c(-c3ccnc(N)c3)c(-c3ccc(F)cc3)c2C1=O. The maximum atomic E-state index is 13.4. The fourth-order valence-electron chi connectivity index (χ4n) is 3.27. The third-order valence-electron chi connectivity index (χ3n) is 4.54. The first-order chi connectivity index (χ1) is 12.0. The van der Waals surface area contributed by atoms with Gasteiger partial charge in [0.25, 0.3) is 5.91 Å². The molecule has 3 N–H and O–H groups in total. The van der Waals surface area contributed by atoms with Crippen LogP contribution in [0.15, 0.2) is 42.6 Å². The molecule has 2 aromatic heterocycles. The van der Waals surface area contributed by atoms with Gasteiger partial charge >= 0.3 is 0 Å². The summed E-state index contributed by atoms with van der Waals surface area (Å²) in [5, 5.41) is 0. The van der Waals surface area contributed by atoms with E-state index in [1.807, 2.05) is 6.07 Å². The highest BCUT2D eigenvalue weighted by molar-refractivity contribution is 6.06. The molecular formula is C19H17FN4O. The molecule has 4 rings (SSSR count). The zero-order chi connectivity index (χ0) is 17.6. The zero-order valence-corrected chi connectivity index (χ0v) is 13.7. The number of fused-ring (bicyclic) bond motifs is 1. The molecule has 0 aliphatic carbocycles. The number of pyridine rings is 1. The van der Waals surface area contributed by atoms with Crippen LogP contribution in [0.4, 0.5) is 10.2 Å². The van der Waals surface area contributed by atoms with E-state index in [2.05, 4.69) is 9.97 Å². The fourth-order valence-corrected chi connectivity index (χ4v) is 3.27. The van der Waals surface area contributed by atoms with Crippen LogP contribution in [-0.2, 0) is 6.42 Å². The lowest BCUT2D eigenvalue weighted by Crippen LogP contribution is -2.34. The Kier molecular flexibility index (Phi) is 3.53. The van der Waals surface area contributed by atoms with Gasteiger partial charge in [-0.05, 0) is 29.8 Å². The van der Waals surface area contributed by atoms with Gasteiger partial charge in [-0.1, -0.05) is 12.1 Å². The lowest BCUT2D eigenvalue weighted by Gasteiger charge is -2.23. The van der Waals surface area contributed by atoms with Gasteiger partial charge < -0.3 is 15.6 Å². The number of anilines is 1. The molecule has 1 aliphatic heterocycles. The van der Waals surface area contributed by atoms with Crippen LogP contribution in [-0.4, -0.2) is 34.4 Å². The number of aromatic amines is 1. The second kappa shape index (κ2) is 5.73. The molecule has 6 heteroatoms. The third kappa shape index (κ3) is 2.55. The van der Waals surface area contributed by atoms with Gasteiger partial charge in [-0.25, -0.2) is 9.37 Å². The standard InChI is InChI=1S/C19H17FN4O/c1-24-9-7-14-17(19(24)25)16(11-2-4-13(20)5-3-11)18(23-14)12-6-8-22-15(21)10-12/h2-6,8,10,23H,7,9H2,1H3,(H2,21,22). The molecule has 0 radical (unpaired) electrons. The molecule has 3 heterocycles. The number of amides is 1. The topological polar surface area (TPSA) is 75.0 Å². The first-order valence-electron chi connectivity index (χ1n) is 8.02. The highest BCUT2D eigenvalue weighted by atomic mass is 19.1. The number of nitrogen functional groups attached to an aromatic ring is 1. The number of carbonyl (C=O) groups is 1. The second-order valence-corrected chi connectivity index (χ2v) is 6.18. The summed E-state index contributed by atoms with van der Waals surface area (Å²) < 4.78 is 13.4. The maximum absolute atomic E-state index is 13.4. The van der Waals surface area contributed by atoms with Crippen LogP contribution < -0.4 is 5.73 Å². The van der Waals surface area contributed by atoms with E-state index in [4.69, 9.17) is 5.73 Å². The van der Waals surface area contributed by atoms with Gasteiger partial charge in [-0.3, -0.25) is 4.79 Å². The van der Waals surface area contributed by atoms with Crippen molar-refractivity contribution in [2.24, 2.45) is 0 Å². The molecule has 126 valence electrons. The quantitative estimate of drug-likeness (QED) is 0.755. The van der Waals surface area contributed by atoms with Crippen LogP contribution >= 0.6 is 0 Å². The number of nitrogens with zero attached hydrogens (tertiary/aromatic N) is 2. The monoisotopic (exact) mass is 336 g/mol. The molecule has 1 aliphatic rings. The summed E-state index contributed by atoms with van der Waals surface area (Å²) in [4.78, 5) is 21.9. The lowest BCUT2D eigenvalue weighted by molar-refractivity contribution is 0.0781. The van der Waals surface area contributed by atoms with Crippen LogP contribution in [0.3, 0.4) is 0 Å². The van der Waals surface area contributed by atoms with Crippen LogP contribution in [0.2, 0.25) is 0 Å². The molecule has 3 aromatic rings. The van der Waals surface area contributed by atoms with E-state index in [0.717, 1.165) is 34.5 Å². The van der Waals surface area contributed by atoms with Gasteiger partial charge in [-0.2, -0.15) is 0 Å². The van der Waals surface area contributed by atoms with Gasteiger partial charge in [0.05, 0.1) is 11.3 Å². The average Bonchev–Trinajstić information content (AvgIpc) is 2.99. The molecule has 0 saturated heterocycles. The summed E-state index contributed by atoms with van der Waals surface area (Å²) in [6.45, 7) is 0.660. The Bertz CT molecular complexity index is 962. The number of nitrogens with one attached hydrogen (secondary N) is 1. The van der Waals surface area contributed by atoms with E-state index in [9.17, 15) is 9.18 Å². The number of hydrogen-bond donors (Lipinski definition) is 2. The number of nitrogens with two attached hydrogens (primary N) is 1. The molecule has 0 fully saturated rings. The fraction of sp³-hybridized carbons (Fsp3) is 0.158. The van der Waals surface area contributed by atoms with Gasteiger partial charge in [0.15, 0.2) is 0 Å². The van der Waals surface area contributed by atoms with E-state index in [0.29, 0.717) is 17.9 Å². The third-order valence-corrected chi connectivity index (χ3v) is 4.54. The first kappa shape index (κ1) is 15.4. The minimum Gasteiger partial charge on any atom is -0.384 e. The number of H-pyrrole nitrogens is 1. The minimum absolute atomic E-state index is 0.0369. The van der Waals surface area contributed by atoms with Crippen molar-refractivity contribution in [1.82, 2.24) is 14.9 Å². The van der Waals surface area contributed by atoms with E-state index in [1.165, 1.54) is 12.1 Å². The predicted molar refractivity (Wildman–Crippen MR) is 94.5 cm³/mol. The number of likely N-dealkylation sites (N-methyl/N-ethyl adjacent to an activating group) is 1. The number of halogens is 1. The molecule has 0 unspecified atom stereocenters. The van der Waals surface area contributed by atoms with Crippen LogP contribution in [0.1, 0.15) is 16.1 Å². The molecule has 1 amide bonds. The van der Waals surface area contributed by atoms with Crippen molar-refractivity contribution in [3.63, 3.8) is 0 Å². The van der Waals surface area contributed by atoms with Gasteiger partial charge in [-0.15, -0.1) is 0 Å². The number of benzene rings is 1. The number of hydrogen-bond acceptors (Lipinski definition) is 3. The minimum atomic E-state index is -0.314. The summed E-state index contributed by atoms with van der Waals surface area (Å²) in [5.74, 6) is 0.0509. The largest absolute Gasteiger partial charge is 0.384 e. The average molecular weight is 336 g/mol. The first-order valence-corrected chi connectivity index (χ1v) is 8.02. The van der Waals surface area contributed by atoms with Crippen molar-refractivity contribution < 1.29 is 9.18 Å². The van der Waals surface area contributed by atoms with Crippen molar-refractivity contribution in [1.29, 1.82) is 0 Å². The highest BCUT2D eigenvalue weighted by Crippen LogP contribution is 2.39. The molecular weight excluding hydrogens is 319 g/mol. The molecule has 0 atom stereocenters.